The first-order valence-electron chi connectivity index (χ1n) is 7.20. The summed E-state index contributed by atoms with van der Waals surface area (Å²) in [5.41, 5.74) is 5.96. The highest BCUT2D eigenvalue weighted by Gasteiger charge is 2.31. The summed E-state index contributed by atoms with van der Waals surface area (Å²) >= 11 is 0. The molecule has 0 aromatic carbocycles. The maximum absolute atomic E-state index is 12.1. The Balaban J connectivity index is 1.77. The van der Waals surface area contributed by atoms with Gasteiger partial charge in [-0.15, -0.1) is 0 Å². The highest BCUT2D eigenvalue weighted by Crippen LogP contribution is 2.29. The van der Waals surface area contributed by atoms with Gasteiger partial charge in [0.1, 0.15) is 0 Å². The van der Waals surface area contributed by atoms with E-state index in [1.165, 1.54) is 25.7 Å². The molecule has 0 radical (unpaired) electrons. The molecule has 0 spiro atoms. The van der Waals surface area contributed by atoms with Crippen LogP contribution in [0.1, 0.15) is 51.9 Å². The summed E-state index contributed by atoms with van der Waals surface area (Å²) in [6.45, 7) is 3.07. The van der Waals surface area contributed by atoms with Crippen LogP contribution in [0.3, 0.4) is 0 Å². The van der Waals surface area contributed by atoms with E-state index in [0.29, 0.717) is 5.92 Å². The van der Waals surface area contributed by atoms with E-state index in [1.807, 2.05) is 0 Å². The predicted octanol–water partition coefficient (Wildman–Crippen LogP) is 2.06. The first-order valence-corrected chi connectivity index (χ1v) is 7.20. The van der Waals surface area contributed by atoms with Gasteiger partial charge in [-0.2, -0.15) is 0 Å². The zero-order valence-corrected chi connectivity index (χ0v) is 11.0. The first-order chi connectivity index (χ1) is 8.16. The third-order valence-corrected chi connectivity index (χ3v) is 4.61. The molecule has 3 unspecified atom stereocenters. The third-order valence-electron chi connectivity index (χ3n) is 4.61. The van der Waals surface area contributed by atoms with Gasteiger partial charge >= 0.3 is 0 Å². The fraction of sp³-hybridized carbons (Fsp3) is 0.929. The fourth-order valence-corrected chi connectivity index (χ4v) is 3.31. The second kappa shape index (κ2) is 5.85. The second-order valence-electron chi connectivity index (χ2n) is 6.05. The maximum atomic E-state index is 12.1. The average molecular weight is 238 g/mol. The lowest BCUT2D eigenvalue weighted by Gasteiger charge is -2.31. The first kappa shape index (κ1) is 12.9. The second-order valence-corrected chi connectivity index (χ2v) is 6.05. The molecule has 3 heteroatoms. The molecule has 0 bridgehead atoms. The number of carbonyl (C=O) groups is 1. The Bertz CT molecular complexity index is 261. The van der Waals surface area contributed by atoms with Crippen molar-refractivity contribution in [3.8, 4) is 0 Å². The number of hydrogen-bond acceptors (Lipinski definition) is 2. The van der Waals surface area contributed by atoms with Crippen LogP contribution in [0.25, 0.3) is 0 Å². The highest BCUT2D eigenvalue weighted by atomic mass is 16.1. The Morgan fingerprint density at radius 1 is 1.24 bits per heavy atom. The average Bonchev–Trinajstić information content (AvgIpc) is 2.82. The standard InChI is InChI=1S/C14H26N2O/c1-10-6-7-12(15)8-13(10)14(17)16-9-11-4-2-3-5-11/h10-13H,2-9,15H2,1H3,(H,16,17). The monoisotopic (exact) mass is 238 g/mol. The van der Waals surface area contributed by atoms with Gasteiger partial charge in [-0.1, -0.05) is 19.8 Å². The van der Waals surface area contributed by atoms with Crippen LogP contribution < -0.4 is 11.1 Å². The molecular formula is C14H26N2O. The number of carbonyl (C=O) groups excluding carboxylic acids is 1. The van der Waals surface area contributed by atoms with Crippen molar-refractivity contribution in [3.63, 3.8) is 0 Å². The molecular weight excluding hydrogens is 212 g/mol. The van der Waals surface area contributed by atoms with Crippen LogP contribution in [0.5, 0.6) is 0 Å². The molecule has 0 heterocycles. The van der Waals surface area contributed by atoms with E-state index < -0.39 is 0 Å². The molecule has 2 aliphatic rings. The van der Waals surface area contributed by atoms with Crippen molar-refractivity contribution in [2.24, 2.45) is 23.5 Å². The molecule has 2 aliphatic carbocycles. The van der Waals surface area contributed by atoms with E-state index in [-0.39, 0.29) is 17.9 Å². The fourth-order valence-electron chi connectivity index (χ4n) is 3.31. The Morgan fingerprint density at radius 3 is 2.65 bits per heavy atom. The van der Waals surface area contributed by atoms with Crippen LogP contribution in [0.4, 0.5) is 0 Å². The van der Waals surface area contributed by atoms with Crippen LogP contribution in [-0.2, 0) is 4.79 Å². The van der Waals surface area contributed by atoms with E-state index >= 15 is 0 Å². The van der Waals surface area contributed by atoms with Crippen molar-refractivity contribution >= 4 is 5.91 Å². The summed E-state index contributed by atoms with van der Waals surface area (Å²) < 4.78 is 0. The SMILES string of the molecule is CC1CCC(N)CC1C(=O)NCC1CCCC1. The summed E-state index contributed by atoms with van der Waals surface area (Å²) in [5, 5.41) is 3.15. The normalized spacial score (nSPS) is 34.8. The van der Waals surface area contributed by atoms with Gasteiger partial charge in [0.25, 0.3) is 0 Å². The lowest BCUT2D eigenvalue weighted by molar-refractivity contribution is -0.127. The third kappa shape index (κ3) is 3.44. The minimum atomic E-state index is 0.153. The van der Waals surface area contributed by atoms with Crippen molar-refractivity contribution in [1.29, 1.82) is 0 Å². The van der Waals surface area contributed by atoms with Crippen molar-refractivity contribution in [2.75, 3.05) is 6.54 Å². The van der Waals surface area contributed by atoms with Gasteiger partial charge in [-0.3, -0.25) is 4.79 Å². The zero-order chi connectivity index (χ0) is 12.3. The van der Waals surface area contributed by atoms with E-state index in [9.17, 15) is 4.79 Å². The van der Waals surface area contributed by atoms with Gasteiger partial charge in [0, 0.05) is 18.5 Å². The summed E-state index contributed by atoms with van der Waals surface area (Å²) in [6.07, 6.45) is 8.31. The van der Waals surface area contributed by atoms with Gasteiger partial charge in [0.05, 0.1) is 0 Å². The van der Waals surface area contributed by atoms with Gasteiger partial charge in [-0.05, 0) is 43.9 Å². The van der Waals surface area contributed by atoms with E-state index in [0.717, 1.165) is 31.7 Å². The van der Waals surface area contributed by atoms with Crippen LogP contribution in [0.2, 0.25) is 0 Å². The molecule has 17 heavy (non-hydrogen) atoms. The van der Waals surface area contributed by atoms with Crippen LogP contribution in [0, 0.1) is 17.8 Å². The minimum Gasteiger partial charge on any atom is -0.356 e. The van der Waals surface area contributed by atoms with Crippen molar-refractivity contribution < 1.29 is 4.79 Å². The zero-order valence-electron chi connectivity index (χ0n) is 11.0. The van der Waals surface area contributed by atoms with E-state index in [2.05, 4.69) is 12.2 Å². The number of hydrogen-bond donors (Lipinski definition) is 2. The number of nitrogens with one attached hydrogen (secondary N) is 1. The Morgan fingerprint density at radius 2 is 1.94 bits per heavy atom. The van der Waals surface area contributed by atoms with E-state index in [4.69, 9.17) is 5.73 Å². The number of rotatable bonds is 3. The van der Waals surface area contributed by atoms with Gasteiger partial charge in [0.2, 0.25) is 5.91 Å². The molecule has 2 rings (SSSR count). The molecule has 98 valence electrons. The quantitative estimate of drug-likeness (QED) is 0.790. The number of amides is 1. The minimum absolute atomic E-state index is 0.153. The number of nitrogens with two attached hydrogens (primary N) is 1. The van der Waals surface area contributed by atoms with E-state index in [1.54, 1.807) is 0 Å². The molecule has 0 saturated heterocycles. The molecule has 3 nitrogen and oxygen atoms in total. The Labute approximate surface area is 105 Å². The molecule has 0 aromatic rings. The van der Waals surface area contributed by atoms with Gasteiger partial charge in [0.15, 0.2) is 0 Å². The summed E-state index contributed by atoms with van der Waals surface area (Å²) in [5.74, 6) is 1.63. The van der Waals surface area contributed by atoms with Crippen LogP contribution >= 0.6 is 0 Å². The Kier molecular flexibility index (Phi) is 4.43. The topological polar surface area (TPSA) is 55.1 Å². The lowest BCUT2D eigenvalue weighted by atomic mass is 9.77. The predicted molar refractivity (Wildman–Crippen MR) is 69.4 cm³/mol. The highest BCUT2D eigenvalue weighted by molar-refractivity contribution is 5.79. The molecule has 2 fully saturated rings. The smallest absolute Gasteiger partial charge is 0.223 e. The van der Waals surface area contributed by atoms with Crippen LogP contribution in [-0.4, -0.2) is 18.5 Å². The molecule has 0 aromatic heterocycles. The molecule has 3 N–H and O–H groups in total. The van der Waals surface area contributed by atoms with Gasteiger partial charge in [-0.25, -0.2) is 0 Å². The van der Waals surface area contributed by atoms with Crippen molar-refractivity contribution in [3.05, 3.63) is 0 Å². The van der Waals surface area contributed by atoms with Crippen molar-refractivity contribution in [2.45, 2.75) is 57.9 Å². The molecule has 0 aliphatic heterocycles. The largest absolute Gasteiger partial charge is 0.356 e. The summed E-state index contributed by atoms with van der Waals surface area (Å²) in [7, 11) is 0. The molecule has 3 atom stereocenters. The summed E-state index contributed by atoms with van der Waals surface area (Å²) in [6, 6.07) is 0.230. The van der Waals surface area contributed by atoms with Gasteiger partial charge < -0.3 is 11.1 Å². The van der Waals surface area contributed by atoms with Crippen LogP contribution in [0.15, 0.2) is 0 Å². The van der Waals surface area contributed by atoms with Crippen molar-refractivity contribution in [1.82, 2.24) is 5.32 Å². The summed E-state index contributed by atoms with van der Waals surface area (Å²) in [4.78, 5) is 12.1. The maximum Gasteiger partial charge on any atom is 0.223 e. The molecule has 2 saturated carbocycles. The Hall–Kier alpha value is -0.570. The lowest BCUT2D eigenvalue weighted by Crippen LogP contribution is -2.42. The molecule has 1 amide bonds.